The molecular weight excluding hydrogens is 322 g/mol. The van der Waals surface area contributed by atoms with Crippen LogP contribution in [-0.4, -0.2) is 60.0 Å². The molecule has 2 fully saturated rings. The quantitative estimate of drug-likeness (QED) is 0.895. The second-order valence-electron chi connectivity index (χ2n) is 6.87. The fourth-order valence-corrected chi connectivity index (χ4v) is 4.13. The molecule has 25 heavy (non-hydrogen) atoms. The van der Waals surface area contributed by atoms with Crippen molar-refractivity contribution in [2.45, 2.75) is 31.7 Å². The Kier molecular flexibility index (Phi) is 3.86. The van der Waals surface area contributed by atoms with Gasteiger partial charge in [0.2, 0.25) is 5.91 Å². The van der Waals surface area contributed by atoms with Gasteiger partial charge in [-0.05, 0) is 43.9 Å². The molecule has 1 unspecified atom stereocenters. The predicted molar refractivity (Wildman–Crippen MR) is 91.9 cm³/mol. The second kappa shape index (κ2) is 6.06. The van der Waals surface area contributed by atoms with Crippen LogP contribution in [0.1, 0.15) is 36.0 Å². The number of carboxylic acid groups (broad SMARTS) is 1. The Morgan fingerprint density at radius 3 is 2.56 bits per heavy atom. The van der Waals surface area contributed by atoms with Crippen molar-refractivity contribution in [2.24, 2.45) is 0 Å². The van der Waals surface area contributed by atoms with Crippen molar-refractivity contribution in [3.05, 3.63) is 23.8 Å². The van der Waals surface area contributed by atoms with Crippen molar-refractivity contribution in [1.29, 1.82) is 0 Å². The maximum absolute atomic E-state index is 12.8. The molecule has 0 saturated carbocycles. The molecule has 7 heteroatoms. The Morgan fingerprint density at radius 2 is 1.84 bits per heavy atom. The largest absolute Gasteiger partial charge is 0.480 e. The number of rotatable bonds is 3. The number of fused-ring (bicyclic) bond motifs is 3. The standard InChI is InChI=1S/C18H21N3O4/c22-16(23)11-21-15-10-12(17(24)19-7-1-2-8-19)5-6-13(15)20-9-3-4-14(20)18(21)25/h5-6,10,14H,1-4,7-9,11H2,(H,22,23). The Morgan fingerprint density at radius 1 is 1.08 bits per heavy atom. The van der Waals surface area contributed by atoms with Crippen LogP contribution in [0.3, 0.4) is 0 Å². The molecule has 3 aliphatic rings. The maximum atomic E-state index is 12.8. The van der Waals surface area contributed by atoms with E-state index in [9.17, 15) is 19.5 Å². The minimum absolute atomic E-state index is 0.0495. The highest BCUT2D eigenvalue weighted by Crippen LogP contribution is 2.40. The Labute approximate surface area is 145 Å². The lowest BCUT2D eigenvalue weighted by Crippen LogP contribution is -2.52. The minimum atomic E-state index is -1.05. The molecule has 1 aromatic carbocycles. The number of nitrogens with zero attached hydrogens (tertiary/aromatic N) is 3. The molecule has 2 amide bonds. The highest BCUT2D eigenvalue weighted by molar-refractivity contribution is 6.09. The molecule has 0 spiro atoms. The Hall–Kier alpha value is -2.57. The summed E-state index contributed by atoms with van der Waals surface area (Å²) < 4.78 is 0. The number of hydrogen-bond acceptors (Lipinski definition) is 4. The molecule has 0 radical (unpaired) electrons. The summed E-state index contributed by atoms with van der Waals surface area (Å²) >= 11 is 0. The van der Waals surface area contributed by atoms with Crippen molar-refractivity contribution >= 4 is 29.2 Å². The van der Waals surface area contributed by atoms with Gasteiger partial charge in [-0.15, -0.1) is 0 Å². The smallest absolute Gasteiger partial charge is 0.323 e. The fourth-order valence-electron chi connectivity index (χ4n) is 4.13. The maximum Gasteiger partial charge on any atom is 0.323 e. The Bertz CT molecular complexity index is 742. The topological polar surface area (TPSA) is 81.2 Å². The number of carboxylic acids is 1. The molecule has 132 valence electrons. The summed E-state index contributed by atoms with van der Waals surface area (Å²) in [6.07, 6.45) is 3.67. The lowest BCUT2D eigenvalue weighted by molar-refractivity contribution is -0.136. The number of aliphatic carboxylic acids is 1. The van der Waals surface area contributed by atoms with Gasteiger partial charge in [0, 0.05) is 25.2 Å². The van der Waals surface area contributed by atoms with Crippen LogP contribution in [0.2, 0.25) is 0 Å². The van der Waals surface area contributed by atoms with Gasteiger partial charge in [0.25, 0.3) is 5.91 Å². The molecule has 1 atom stereocenters. The first-order valence-corrected chi connectivity index (χ1v) is 8.79. The monoisotopic (exact) mass is 343 g/mol. The van der Waals surface area contributed by atoms with E-state index in [-0.39, 0.29) is 24.4 Å². The Balaban J connectivity index is 1.74. The third-order valence-corrected chi connectivity index (χ3v) is 5.31. The first-order chi connectivity index (χ1) is 12.1. The summed E-state index contributed by atoms with van der Waals surface area (Å²) in [7, 11) is 0. The summed E-state index contributed by atoms with van der Waals surface area (Å²) in [6.45, 7) is 1.91. The average Bonchev–Trinajstić information content (AvgIpc) is 3.28. The lowest BCUT2D eigenvalue weighted by atomic mass is 10.0. The van der Waals surface area contributed by atoms with Gasteiger partial charge < -0.3 is 14.9 Å². The molecule has 0 aromatic heterocycles. The summed E-state index contributed by atoms with van der Waals surface area (Å²) in [4.78, 5) is 41.9. The lowest BCUT2D eigenvalue weighted by Gasteiger charge is -2.39. The number of carbonyl (C=O) groups excluding carboxylic acids is 2. The van der Waals surface area contributed by atoms with E-state index in [1.54, 1.807) is 12.1 Å². The molecule has 1 N–H and O–H groups in total. The van der Waals surface area contributed by atoms with Crippen molar-refractivity contribution in [1.82, 2.24) is 4.90 Å². The van der Waals surface area contributed by atoms with Gasteiger partial charge >= 0.3 is 5.97 Å². The molecular formula is C18H21N3O4. The van der Waals surface area contributed by atoms with Crippen LogP contribution >= 0.6 is 0 Å². The van der Waals surface area contributed by atoms with E-state index >= 15 is 0 Å². The first-order valence-electron chi connectivity index (χ1n) is 8.79. The number of benzene rings is 1. The number of hydrogen-bond donors (Lipinski definition) is 1. The predicted octanol–water partition coefficient (Wildman–Crippen LogP) is 1.32. The third kappa shape index (κ3) is 2.63. The zero-order valence-electron chi connectivity index (χ0n) is 14.0. The highest BCUT2D eigenvalue weighted by Gasteiger charge is 2.41. The van der Waals surface area contributed by atoms with E-state index in [2.05, 4.69) is 0 Å². The van der Waals surface area contributed by atoms with Crippen LogP contribution < -0.4 is 9.80 Å². The van der Waals surface area contributed by atoms with Crippen LogP contribution in [0.5, 0.6) is 0 Å². The molecule has 0 aliphatic carbocycles. The van der Waals surface area contributed by atoms with Crippen LogP contribution in [0, 0.1) is 0 Å². The fraction of sp³-hybridized carbons (Fsp3) is 0.500. The number of likely N-dealkylation sites (tertiary alicyclic amines) is 1. The summed E-state index contributed by atoms with van der Waals surface area (Å²) in [5.41, 5.74) is 1.90. The second-order valence-corrected chi connectivity index (χ2v) is 6.87. The molecule has 2 saturated heterocycles. The van der Waals surface area contributed by atoms with Crippen LogP contribution in [-0.2, 0) is 9.59 Å². The SMILES string of the molecule is O=C(O)CN1C(=O)C2CCCN2c2ccc(C(=O)N3CCCC3)cc21. The van der Waals surface area contributed by atoms with Gasteiger partial charge in [-0.1, -0.05) is 0 Å². The normalized spacial score (nSPS) is 22.2. The van der Waals surface area contributed by atoms with Crippen LogP contribution in [0.4, 0.5) is 11.4 Å². The summed E-state index contributed by atoms with van der Waals surface area (Å²) in [5.74, 6) is -1.29. The van der Waals surface area contributed by atoms with Gasteiger partial charge in [0.1, 0.15) is 12.6 Å². The van der Waals surface area contributed by atoms with Gasteiger partial charge in [-0.25, -0.2) is 0 Å². The number of amides is 2. The first kappa shape index (κ1) is 15.9. The van der Waals surface area contributed by atoms with Gasteiger partial charge in [-0.2, -0.15) is 0 Å². The zero-order valence-corrected chi connectivity index (χ0v) is 14.0. The minimum Gasteiger partial charge on any atom is -0.480 e. The van der Waals surface area contributed by atoms with Crippen molar-refractivity contribution in [3.8, 4) is 0 Å². The van der Waals surface area contributed by atoms with Crippen LogP contribution in [0.15, 0.2) is 18.2 Å². The number of anilines is 2. The highest BCUT2D eigenvalue weighted by atomic mass is 16.4. The van der Waals surface area contributed by atoms with Gasteiger partial charge in [0.05, 0.1) is 11.4 Å². The van der Waals surface area contributed by atoms with Crippen molar-refractivity contribution in [2.75, 3.05) is 36.0 Å². The van der Waals surface area contributed by atoms with Crippen molar-refractivity contribution < 1.29 is 19.5 Å². The average molecular weight is 343 g/mol. The van der Waals surface area contributed by atoms with E-state index in [0.29, 0.717) is 11.3 Å². The molecule has 0 bridgehead atoms. The molecule has 7 nitrogen and oxygen atoms in total. The van der Waals surface area contributed by atoms with Gasteiger partial charge in [-0.3, -0.25) is 19.3 Å². The van der Waals surface area contributed by atoms with E-state index in [1.165, 1.54) is 4.90 Å². The van der Waals surface area contributed by atoms with Gasteiger partial charge in [0.15, 0.2) is 0 Å². The summed E-state index contributed by atoms with van der Waals surface area (Å²) in [6, 6.07) is 5.06. The van der Waals surface area contributed by atoms with E-state index in [1.807, 2.05) is 15.9 Å². The molecule has 4 rings (SSSR count). The van der Waals surface area contributed by atoms with Crippen LogP contribution in [0.25, 0.3) is 0 Å². The summed E-state index contributed by atoms with van der Waals surface area (Å²) in [5, 5.41) is 9.22. The number of carbonyl (C=O) groups is 3. The van der Waals surface area contributed by atoms with Crippen molar-refractivity contribution in [3.63, 3.8) is 0 Å². The zero-order chi connectivity index (χ0) is 17.6. The van der Waals surface area contributed by atoms with E-state index in [0.717, 1.165) is 51.0 Å². The molecule has 3 heterocycles. The third-order valence-electron chi connectivity index (χ3n) is 5.31. The molecule has 3 aliphatic heterocycles. The van der Waals surface area contributed by atoms with E-state index < -0.39 is 5.97 Å². The molecule has 1 aromatic rings. The van der Waals surface area contributed by atoms with E-state index in [4.69, 9.17) is 0 Å².